The number of hydrogen-bond donors (Lipinski definition) is 1. The number of aryl methyl sites for hydroxylation is 2. The van der Waals surface area contributed by atoms with Gasteiger partial charge < -0.3 is 19.5 Å². The van der Waals surface area contributed by atoms with E-state index in [9.17, 15) is 0 Å². The quantitative estimate of drug-likeness (QED) is 0.517. The lowest BCUT2D eigenvalue weighted by Crippen LogP contribution is -2.39. The molecule has 1 N–H and O–H groups in total. The van der Waals surface area contributed by atoms with Crippen molar-refractivity contribution >= 4 is 17.3 Å². The van der Waals surface area contributed by atoms with Crippen LogP contribution in [0, 0.1) is 13.8 Å². The van der Waals surface area contributed by atoms with Gasteiger partial charge in [0.25, 0.3) is 0 Å². The fraction of sp³-hybridized carbons (Fsp3) is 0.407. The van der Waals surface area contributed by atoms with E-state index in [1.54, 1.807) is 0 Å². The Labute approximate surface area is 207 Å². The van der Waals surface area contributed by atoms with E-state index >= 15 is 0 Å². The molecule has 34 heavy (non-hydrogen) atoms. The second kappa shape index (κ2) is 10.3. The number of morpholine rings is 1. The number of nitrogens with one attached hydrogen (secondary N) is 1. The average molecular weight is 476 g/mol. The molecule has 3 aromatic rings. The third-order valence-corrected chi connectivity index (χ3v) is 7.38. The van der Waals surface area contributed by atoms with Crippen molar-refractivity contribution < 1.29 is 4.74 Å². The Hall–Kier alpha value is -2.74. The van der Waals surface area contributed by atoms with Crippen LogP contribution in [0.3, 0.4) is 0 Å². The first kappa shape index (κ1) is 23.0. The molecule has 0 radical (unpaired) electrons. The summed E-state index contributed by atoms with van der Waals surface area (Å²) in [6.07, 6.45) is 5.07. The number of thiocarbonyl (C=S) groups is 1. The Morgan fingerprint density at radius 1 is 1.03 bits per heavy atom. The Kier molecular flexibility index (Phi) is 6.94. The second-order valence-corrected chi connectivity index (χ2v) is 9.59. The van der Waals surface area contributed by atoms with E-state index in [1.807, 2.05) is 18.3 Å². The van der Waals surface area contributed by atoms with Crippen LogP contribution in [-0.4, -0.2) is 63.9 Å². The minimum atomic E-state index is -0.00252. The van der Waals surface area contributed by atoms with Crippen molar-refractivity contribution in [2.75, 3.05) is 39.4 Å². The van der Waals surface area contributed by atoms with Crippen molar-refractivity contribution in [3.05, 3.63) is 83.4 Å². The smallest absolute Gasteiger partial charge is 0.170 e. The minimum absolute atomic E-state index is 0.00252. The molecular weight excluding hydrogens is 442 g/mol. The first-order valence-corrected chi connectivity index (χ1v) is 12.6. The minimum Gasteiger partial charge on any atom is -0.379 e. The number of nitrogens with zero attached hydrogens (tertiary/aromatic N) is 4. The topological polar surface area (TPSA) is 45.6 Å². The standard InChI is InChI=1S/C27H33N5OS/c1-20-9-10-22(19-21(20)2)31-13-5-8-24(31)26-25(23-7-3-4-11-28-23)29-27(34)32(26)14-6-12-30-15-17-33-18-16-30/h3-5,7-11,13,19,25-26H,6,12,14-18H2,1-2H3,(H,29,34)/t25-,26+/m0/s1. The van der Waals surface area contributed by atoms with Gasteiger partial charge in [-0.15, -0.1) is 0 Å². The average Bonchev–Trinajstić information content (AvgIpc) is 3.47. The van der Waals surface area contributed by atoms with Crippen molar-refractivity contribution in [1.29, 1.82) is 0 Å². The van der Waals surface area contributed by atoms with Gasteiger partial charge in [-0.25, -0.2) is 0 Å². The van der Waals surface area contributed by atoms with Crippen LogP contribution in [-0.2, 0) is 4.74 Å². The van der Waals surface area contributed by atoms with E-state index in [0.717, 1.165) is 56.6 Å². The zero-order valence-electron chi connectivity index (χ0n) is 20.0. The zero-order valence-corrected chi connectivity index (χ0v) is 20.8. The van der Waals surface area contributed by atoms with E-state index in [1.165, 1.54) is 22.5 Å². The van der Waals surface area contributed by atoms with Gasteiger partial charge in [0, 0.05) is 50.0 Å². The molecule has 178 valence electrons. The Morgan fingerprint density at radius 2 is 1.88 bits per heavy atom. The van der Waals surface area contributed by atoms with E-state index in [2.05, 4.69) is 76.1 Å². The summed E-state index contributed by atoms with van der Waals surface area (Å²) in [7, 11) is 0. The first-order chi connectivity index (χ1) is 16.6. The normalized spacial score (nSPS) is 21.1. The second-order valence-electron chi connectivity index (χ2n) is 9.20. The fourth-order valence-electron chi connectivity index (χ4n) is 5.00. The van der Waals surface area contributed by atoms with E-state index in [-0.39, 0.29) is 12.1 Å². The number of rotatable bonds is 7. The van der Waals surface area contributed by atoms with Crippen LogP contribution in [0.25, 0.3) is 5.69 Å². The van der Waals surface area contributed by atoms with Gasteiger partial charge in [-0.3, -0.25) is 9.88 Å². The molecule has 4 heterocycles. The summed E-state index contributed by atoms with van der Waals surface area (Å²) in [5.74, 6) is 0. The van der Waals surface area contributed by atoms with Crippen molar-refractivity contribution in [2.45, 2.75) is 32.4 Å². The van der Waals surface area contributed by atoms with Crippen LogP contribution >= 0.6 is 12.2 Å². The lowest BCUT2D eigenvalue weighted by Gasteiger charge is -2.31. The summed E-state index contributed by atoms with van der Waals surface area (Å²) < 4.78 is 7.81. The number of aromatic nitrogens is 2. The molecule has 0 spiro atoms. The SMILES string of the molecule is Cc1ccc(-n2cccc2[C@@H]2[C@H](c3ccccn3)NC(=S)N2CCCN2CCOCC2)cc1C. The predicted octanol–water partition coefficient (Wildman–Crippen LogP) is 4.18. The largest absolute Gasteiger partial charge is 0.379 e. The van der Waals surface area contributed by atoms with Gasteiger partial charge in [0.05, 0.1) is 31.0 Å². The lowest BCUT2D eigenvalue weighted by atomic mass is 10.0. The van der Waals surface area contributed by atoms with E-state index in [4.69, 9.17) is 21.9 Å². The molecule has 2 atom stereocenters. The summed E-state index contributed by atoms with van der Waals surface area (Å²) in [6.45, 7) is 9.97. The molecular formula is C27H33N5OS. The highest BCUT2D eigenvalue weighted by molar-refractivity contribution is 7.80. The van der Waals surface area contributed by atoms with Gasteiger partial charge in [0.1, 0.15) is 0 Å². The lowest BCUT2D eigenvalue weighted by molar-refractivity contribution is 0.0365. The van der Waals surface area contributed by atoms with Crippen LogP contribution < -0.4 is 5.32 Å². The summed E-state index contributed by atoms with van der Waals surface area (Å²) in [6, 6.07) is 17.2. The molecule has 2 aliphatic rings. The van der Waals surface area contributed by atoms with Gasteiger partial charge in [0.15, 0.2) is 5.11 Å². The molecule has 2 saturated heterocycles. The van der Waals surface area contributed by atoms with E-state index in [0.29, 0.717) is 0 Å². The summed E-state index contributed by atoms with van der Waals surface area (Å²) in [5.41, 5.74) is 6.00. The molecule has 2 aromatic heterocycles. The molecule has 1 aromatic carbocycles. The Morgan fingerprint density at radius 3 is 2.65 bits per heavy atom. The maximum absolute atomic E-state index is 5.88. The molecule has 0 unspecified atom stereocenters. The Balaban J connectivity index is 1.45. The molecule has 6 nitrogen and oxygen atoms in total. The first-order valence-electron chi connectivity index (χ1n) is 12.1. The highest BCUT2D eigenvalue weighted by atomic mass is 32.1. The van der Waals surface area contributed by atoms with E-state index < -0.39 is 0 Å². The maximum atomic E-state index is 5.88. The highest BCUT2D eigenvalue weighted by Gasteiger charge is 2.41. The van der Waals surface area contributed by atoms with Crippen LogP contribution in [0.5, 0.6) is 0 Å². The molecule has 7 heteroatoms. The number of hydrogen-bond acceptors (Lipinski definition) is 4. The third kappa shape index (κ3) is 4.73. The van der Waals surface area contributed by atoms with Crippen LogP contribution in [0.15, 0.2) is 60.9 Å². The number of pyridine rings is 1. The summed E-state index contributed by atoms with van der Waals surface area (Å²) in [4.78, 5) is 9.54. The molecule has 0 amide bonds. The van der Waals surface area contributed by atoms with Gasteiger partial charge in [0.2, 0.25) is 0 Å². The fourth-order valence-corrected chi connectivity index (χ4v) is 5.33. The Bertz CT molecular complexity index is 1130. The molecule has 0 saturated carbocycles. The summed E-state index contributed by atoms with van der Waals surface area (Å²) >= 11 is 5.88. The van der Waals surface area contributed by atoms with Crippen molar-refractivity contribution in [3.63, 3.8) is 0 Å². The van der Waals surface area contributed by atoms with Gasteiger partial charge in [-0.05, 0) is 80.0 Å². The number of ether oxygens (including phenoxy) is 1. The highest BCUT2D eigenvalue weighted by Crippen LogP contribution is 2.39. The van der Waals surface area contributed by atoms with Crippen molar-refractivity contribution in [2.24, 2.45) is 0 Å². The summed E-state index contributed by atoms with van der Waals surface area (Å²) in [5, 5.41) is 4.40. The van der Waals surface area contributed by atoms with Crippen molar-refractivity contribution in [3.8, 4) is 5.69 Å². The van der Waals surface area contributed by atoms with Crippen LogP contribution in [0.2, 0.25) is 0 Å². The molecule has 0 bridgehead atoms. The van der Waals surface area contributed by atoms with Crippen molar-refractivity contribution in [1.82, 2.24) is 24.7 Å². The molecule has 2 fully saturated rings. The van der Waals surface area contributed by atoms with Gasteiger partial charge >= 0.3 is 0 Å². The third-order valence-electron chi connectivity index (χ3n) is 7.03. The van der Waals surface area contributed by atoms with Gasteiger partial charge in [-0.1, -0.05) is 12.1 Å². The molecule has 0 aliphatic carbocycles. The van der Waals surface area contributed by atoms with Gasteiger partial charge in [-0.2, -0.15) is 0 Å². The van der Waals surface area contributed by atoms with Crippen LogP contribution in [0.4, 0.5) is 0 Å². The monoisotopic (exact) mass is 475 g/mol. The number of benzene rings is 1. The maximum Gasteiger partial charge on any atom is 0.170 e. The predicted molar refractivity (Wildman–Crippen MR) is 139 cm³/mol. The molecule has 2 aliphatic heterocycles. The van der Waals surface area contributed by atoms with Crippen LogP contribution in [0.1, 0.15) is 41.0 Å². The zero-order chi connectivity index (χ0) is 23.5. The molecule has 5 rings (SSSR count).